The molecule has 0 saturated heterocycles. The molecule has 11 aromatic carbocycles. The van der Waals surface area contributed by atoms with E-state index < -0.39 is 0 Å². The Kier molecular flexibility index (Phi) is 8.87. The van der Waals surface area contributed by atoms with E-state index in [0.29, 0.717) is 0 Å². The quantitative estimate of drug-likeness (QED) is 0.142. The fourth-order valence-corrected chi connectivity index (χ4v) is 8.72. The molecule has 0 atom stereocenters. The molecule has 0 N–H and O–H groups in total. The molecule has 0 spiro atoms. The van der Waals surface area contributed by atoms with E-state index in [9.17, 15) is 0 Å². The first kappa shape index (κ1) is 35.2. The van der Waals surface area contributed by atoms with Gasteiger partial charge in [-0.25, -0.2) is 0 Å². The summed E-state index contributed by atoms with van der Waals surface area (Å²) in [6.07, 6.45) is 0. The van der Waals surface area contributed by atoms with Crippen LogP contribution >= 0.6 is 0 Å². The van der Waals surface area contributed by atoms with Crippen LogP contribution in [0, 0.1) is 0 Å². The maximum absolute atomic E-state index is 2.37. The van der Waals surface area contributed by atoms with Crippen LogP contribution in [0.15, 0.2) is 243 Å². The number of rotatable bonds is 8. The number of hydrogen-bond acceptors (Lipinski definition) is 2. The average Bonchev–Trinajstić information content (AvgIpc) is 3.32. The van der Waals surface area contributed by atoms with Gasteiger partial charge in [-0.2, -0.15) is 0 Å². The van der Waals surface area contributed by atoms with Crippen LogP contribution in [-0.4, -0.2) is 0 Å². The lowest BCUT2D eigenvalue weighted by atomic mass is 9.99. The van der Waals surface area contributed by atoms with E-state index in [2.05, 4.69) is 252 Å². The minimum atomic E-state index is 1.11. The highest BCUT2D eigenvalue weighted by atomic mass is 15.1. The van der Waals surface area contributed by atoms with Crippen molar-refractivity contribution in [2.24, 2.45) is 0 Å². The number of hydrogen-bond donors (Lipinski definition) is 0. The van der Waals surface area contributed by atoms with Gasteiger partial charge in [0.1, 0.15) is 0 Å². The minimum Gasteiger partial charge on any atom is -0.310 e. The molecule has 282 valence electrons. The van der Waals surface area contributed by atoms with Crippen LogP contribution in [-0.2, 0) is 0 Å². The summed E-state index contributed by atoms with van der Waals surface area (Å²) in [6.45, 7) is 0. The van der Waals surface area contributed by atoms with Crippen LogP contribution in [0.4, 0.5) is 34.1 Å². The number of fused-ring (bicyclic) bond motifs is 5. The summed E-state index contributed by atoms with van der Waals surface area (Å²) in [5, 5.41) is 9.74. The first-order chi connectivity index (χ1) is 29.7. The van der Waals surface area contributed by atoms with Gasteiger partial charge in [0.25, 0.3) is 0 Å². The summed E-state index contributed by atoms with van der Waals surface area (Å²) >= 11 is 0. The maximum atomic E-state index is 2.37. The van der Waals surface area contributed by atoms with Crippen molar-refractivity contribution in [3.05, 3.63) is 243 Å². The predicted octanol–water partition coefficient (Wildman–Crippen LogP) is 16.6. The Balaban J connectivity index is 0.998. The SMILES string of the molecule is c1ccc(-c2ccc(N(c3ccc4ccccc4c3)c3ccc4c(ccc5cc(N(c6ccc(-c7ccccc7)cc6)c6ccc7ccccc7c6)ccc54)c3)cc2)cc1. The Morgan fingerprint density at radius 2 is 0.467 bits per heavy atom. The second kappa shape index (κ2) is 15.1. The molecule has 0 saturated carbocycles. The zero-order valence-electron chi connectivity index (χ0n) is 33.0. The van der Waals surface area contributed by atoms with Crippen LogP contribution in [0.25, 0.3) is 65.3 Å². The van der Waals surface area contributed by atoms with Crippen LogP contribution in [0.3, 0.4) is 0 Å². The third kappa shape index (κ3) is 6.61. The van der Waals surface area contributed by atoms with E-state index in [0.717, 1.165) is 34.1 Å². The number of nitrogens with zero attached hydrogens (tertiary/aromatic N) is 2. The lowest BCUT2D eigenvalue weighted by molar-refractivity contribution is 1.29. The molecule has 0 heterocycles. The molecule has 0 aliphatic rings. The zero-order chi connectivity index (χ0) is 39.8. The second-order valence-electron chi connectivity index (χ2n) is 15.4. The molecule has 0 fully saturated rings. The Labute approximate surface area is 350 Å². The second-order valence-corrected chi connectivity index (χ2v) is 15.4. The summed E-state index contributed by atoms with van der Waals surface area (Å²) in [4.78, 5) is 4.75. The van der Waals surface area contributed by atoms with E-state index in [1.165, 1.54) is 65.3 Å². The van der Waals surface area contributed by atoms with Gasteiger partial charge in [-0.15, -0.1) is 0 Å². The van der Waals surface area contributed by atoms with Crippen molar-refractivity contribution in [1.29, 1.82) is 0 Å². The Hall–Kier alpha value is -7.94. The van der Waals surface area contributed by atoms with Crippen LogP contribution < -0.4 is 9.80 Å². The lowest BCUT2D eigenvalue weighted by Gasteiger charge is -2.27. The first-order valence-electron chi connectivity index (χ1n) is 20.6. The largest absolute Gasteiger partial charge is 0.310 e. The van der Waals surface area contributed by atoms with Gasteiger partial charge in [0, 0.05) is 34.1 Å². The monoisotopic (exact) mass is 764 g/mol. The summed E-state index contributed by atoms with van der Waals surface area (Å²) in [7, 11) is 0. The standard InChI is InChI=1S/C58H40N2/c1-3-11-41(12-4-1)45-21-27-51(28-22-45)59(53-31-25-43-15-7-9-17-47(43)37-53)55-33-35-57-49(39-55)19-20-50-40-56(34-36-58(50)57)60(54-32-26-44-16-8-10-18-48(44)38-54)52-29-23-46(24-30-52)42-13-5-2-6-14-42/h1-40H. The summed E-state index contributed by atoms with van der Waals surface area (Å²) < 4.78 is 0. The molecule has 11 aromatic rings. The van der Waals surface area contributed by atoms with Crippen molar-refractivity contribution in [2.45, 2.75) is 0 Å². The third-order valence-electron chi connectivity index (χ3n) is 11.8. The van der Waals surface area contributed by atoms with Crippen molar-refractivity contribution in [3.63, 3.8) is 0 Å². The van der Waals surface area contributed by atoms with Gasteiger partial charge in [-0.1, -0.05) is 170 Å². The molecule has 0 unspecified atom stereocenters. The van der Waals surface area contributed by atoms with Gasteiger partial charge < -0.3 is 9.80 Å². The fraction of sp³-hybridized carbons (Fsp3) is 0. The first-order valence-corrected chi connectivity index (χ1v) is 20.6. The molecule has 0 aliphatic carbocycles. The normalized spacial score (nSPS) is 11.3. The van der Waals surface area contributed by atoms with Gasteiger partial charge in [-0.3, -0.25) is 0 Å². The molecule has 60 heavy (non-hydrogen) atoms. The summed E-state index contributed by atoms with van der Waals surface area (Å²) in [5.74, 6) is 0. The molecule has 2 nitrogen and oxygen atoms in total. The smallest absolute Gasteiger partial charge is 0.0468 e. The Bertz CT molecular complexity index is 3080. The van der Waals surface area contributed by atoms with Gasteiger partial charge in [0.2, 0.25) is 0 Å². The number of anilines is 6. The topological polar surface area (TPSA) is 6.48 Å². The highest BCUT2D eigenvalue weighted by Crippen LogP contribution is 2.42. The molecular weight excluding hydrogens is 725 g/mol. The third-order valence-corrected chi connectivity index (χ3v) is 11.8. The van der Waals surface area contributed by atoms with Gasteiger partial charge in [0.05, 0.1) is 0 Å². The maximum Gasteiger partial charge on any atom is 0.0468 e. The van der Waals surface area contributed by atoms with Crippen molar-refractivity contribution < 1.29 is 0 Å². The van der Waals surface area contributed by atoms with Crippen molar-refractivity contribution in [2.75, 3.05) is 9.80 Å². The van der Waals surface area contributed by atoms with Gasteiger partial charge in [-0.05, 0) is 138 Å². The van der Waals surface area contributed by atoms with Crippen LogP contribution in [0.5, 0.6) is 0 Å². The molecule has 2 heteroatoms. The molecule has 0 radical (unpaired) electrons. The van der Waals surface area contributed by atoms with E-state index >= 15 is 0 Å². The van der Waals surface area contributed by atoms with Crippen LogP contribution in [0.2, 0.25) is 0 Å². The Morgan fingerprint density at radius 1 is 0.183 bits per heavy atom. The minimum absolute atomic E-state index is 1.11. The molecule has 0 amide bonds. The van der Waals surface area contributed by atoms with E-state index in [-0.39, 0.29) is 0 Å². The zero-order valence-corrected chi connectivity index (χ0v) is 33.0. The summed E-state index contributed by atoms with van der Waals surface area (Å²) in [6, 6.07) is 88.0. The van der Waals surface area contributed by atoms with E-state index in [4.69, 9.17) is 0 Å². The molecule has 0 bridgehead atoms. The molecule has 0 aliphatic heterocycles. The molecular formula is C58H40N2. The van der Waals surface area contributed by atoms with Gasteiger partial charge >= 0.3 is 0 Å². The van der Waals surface area contributed by atoms with Crippen molar-refractivity contribution in [1.82, 2.24) is 0 Å². The highest BCUT2D eigenvalue weighted by Gasteiger charge is 2.17. The number of benzene rings is 11. The van der Waals surface area contributed by atoms with Crippen molar-refractivity contribution in [3.8, 4) is 22.3 Å². The van der Waals surface area contributed by atoms with Crippen LogP contribution in [0.1, 0.15) is 0 Å². The highest BCUT2D eigenvalue weighted by molar-refractivity contribution is 6.10. The molecule has 0 aromatic heterocycles. The Morgan fingerprint density at radius 3 is 0.867 bits per heavy atom. The lowest BCUT2D eigenvalue weighted by Crippen LogP contribution is -2.10. The summed E-state index contributed by atoms with van der Waals surface area (Å²) in [5.41, 5.74) is 11.5. The van der Waals surface area contributed by atoms with E-state index in [1.807, 2.05) is 0 Å². The van der Waals surface area contributed by atoms with E-state index in [1.54, 1.807) is 0 Å². The molecule has 11 rings (SSSR count). The van der Waals surface area contributed by atoms with Gasteiger partial charge in [0.15, 0.2) is 0 Å². The fourth-order valence-electron chi connectivity index (χ4n) is 8.72. The average molecular weight is 765 g/mol. The predicted molar refractivity (Wildman–Crippen MR) is 257 cm³/mol. The van der Waals surface area contributed by atoms with Crippen molar-refractivity contribution >= 4 is 77.2 Å².